The summed E-state index contributed by atoms with van der Waals surface area (Å²) in [5, 5.41) is 0. The van der Waals surface area contributed by atoms with E-state index in [0.29, 0.717) is 11.6 Å². The summed E-state index contributed by atoms with van der Waals surface area (Å²) >= 11 is 2.93. The minimum atomic E-state index is -3.25. The number of benzene rings is 1. The van der Waals surface area contributed by atoms with Crippen molar-refractivity contribution in [3.63, 3.8) is 0 Å². The van der Waals surface area contributed by atoms with Crippen molar-refractivity contribution in [2.24, 2.45) is 0 Å². The third-order valence-corrected chi connectivity index (χ3v) is 4.61. The van der Waals surface area contributed by atoms with E-state index >= 15 is 0 Å². The van der Waals surface area contributed by atoms with Gasteiger partial charge in [-0.2, -0.15) is 0 Å². The quantitative estimate of drug-likeness (QED) is 0.867. The van der Waals surface area contributed by atoms with Crippen LogP contribution >= 0.6 is 15.9 Å². The van der Waals surface area contributed by atoms with Gasteiger partial charge in [0.15, 0.2) is 0 Å². The highest BCUT2D eigenvalue weighted by molar-refractivity contribution is 9.10. The van der Waals surface area contributed by atoms with E-state index in [9.17, 15) is 8.42 Å². The summed E-state index contributed by atoms with van der Waals surface area (Å²) in [5.74, 6) is 0.387. The standard InChI is InChI=1S/C10H14BrNO2S/c1-8(2)9-4-3-5-10(6-9)12-15(13,14)7-11/h3-6,8,12H,7H2,1-2H3. The fourth-order valence-corrected chi connectivity index (χ4v) is 2.05. The second kappa shape index (κ2) is 4.99. The molecule has 84 valence electrons. The second-order valence-electron chi connectivity index (χ2n) is 3.61. The fraction of sp³-hybridized carbons (Fsp3) is 0.400. The Morgan fingerprint density at radius 2 is 2.07 bits per heavy atom. The van der Waals surface area contributed by atoms with Crippen LogP contribution in [0, 0.1) is 0 Å². The molecule has 0 bridgehead atoms. The first-order valence-corrected chi connectivity index (χ1v) is 7.38. The number of rotatable bonds is 4. The molecule has 3 nitrogen and oxygen atoms in total. The van der Waals surface area contributed by atoms with Crippen molar-refractivity contribution in [3.8, 4) is 0 Å². The van der Waals surface area contributed by atoms with E-state index in [1.807, 2.05) is 18.2 Å². The van der Waals surface area contributed by atoms with Crippen LogP contribution in [0.3, 0.4) is 0 Å². The van der Waals surface area contributed by atoms with E-state index in [1.54, 1.807) is 6.07 Å². The Morgan fingerprint density at radius 1 is 1.40 bits per heavy atom. The molecule has 0 spiro atoms. The molecule has 1 aromatic carbocycles. The number of hydrogen-bond acceptors (Lipinski definition) is 2. The smallest absolute Gasteiger partial charge is 0.242 e. The molecule has 15 heavy (non-hydrogen) atoms. The van der Waals surface area contributed by atoms with Gasteiger partial charge in [-0.1, -0.05) is 41.9 Å². The van der Waals surface area contributed by atoms with Crippen molar-refractivity contribution < 1.29 is 8.42 Å². The lowest BCUT2D eigenvalue weighted by Crippen LogP contribution is -2.13. The van der Waals surface area contributed by atoms with Crippen LogP contribution in [0.5, 0.6) is 0 Å². The molecular weight excluding hydrogens is 278 g/mol. The molecule has 0 radical (unpaired) electrons. The first-order valence-electron chi connectivity index (χ1n) is 4.61. The lowest BCUT2D eigenvalue weighted by atomic mass is 10.0. The molecular formula is C10H14BrNO2S. The number of anilines is 1. The largest absolute Gasteiger partial charge is 0.283 e. The highest BCUT2D eigenvalue weighted by atomic mass is 79.9. The second-order valence-corrected chi connectivity index (χ2v) is 6.63. The van der Waals surface area contributed by atoms with Gasteiger partial charge in [-0.15, -0.1) is 0 Å². The van der Waals surface area contributed by atoms with Gasteiger partial charge in [-0.05, 0) is 23.6 Å². The maximum absolute atomic E-state index is 11.3. The van der Waals surface area contributed by atoms with Crippen molar-refractivity contribution in [1.82, 2.24) is 0 Å². The molecule has 0 fully saturated rings. The van der Waals surface area contributed by atoms with Crippen molar-refractivity contribution in [3.05, 3.63) is 29.8 Å². The number of sulfonamides is 1. The average molecular weight is 292 g/mol. The number of nitrogens with one attached hydrogen (secondary N) is 1. The Hall–Kier alpha value is -0.550. The lowest BCUT2D eigenvalue weighted by Gasteiger charge is -2.09. The van der Waals surface area contributed by atoms with Crippen LogP contribution in [-0.2, 0) is 10.0 Å². The molecule has 5 heteroatoms. The maximum Gasteiger partial charge on any atom is 0.242 e. The highest BCUT2D eigenvalue weighted by Gasteiger charge is 2.08. The highest BCUT2D eigenvalue weighted by Crippen LogP contribution is 2.19. The summed E-state index contributed by atoms with van der Waals surface area (Å²) in [7, 11) is -3.25. The molecule has 0 aromatic heterocycles. The van der Waals surface area contributed by atoms with Gasteiger partial charge in [0, 0.05) is 5.69 Å². The van der Waals surface area contributed by atoms with Gasteiger partial charge in [0.1, 0.15) is 4.66 Å². The van der Waals surface area contributed by atoms with Crippen molar-refractivity contribution in [1.29, 1.82) is 0 Å². The Kier molecular flexibility index (Phi) is 4.16. The Labute approximate surface area is 99.1 Å². The SMILES string of the molecule is CC(C)c1cccc(NS(=O)(=O)CBr)c1. The van der Waals surface area contributed by atoms with Gasteiger partial charge < -0.3 is 0 Å². The molecule has 0 aliphatic heterocycles. The van der Waals surface area contributed by atoms with Crippen LogP contribution in [0.4, 0.5) is 5.69 Å². The summed E-state index contributed by atoms with van der Waals surface area (Å²) in [5.41, 5.74) is 1.73. The molecule has 0 unspecified atom stereocenters. The van der Waals surface area contributed by atoms with E-state index in [0.717, 1.165) is 5.56 Å². The van der Waals surface area contributed by atoms with Crippen LogP contribution < -0.4 is 4.72 Å². The molecule has 1 aromatic rings. The van der Waals surface area contributed by atoms with Crippen molar-refractivity contribution in [2.75, 3.05) is 9.38 Å². The minimum absolute atomic E-state index is 0.0914. The van der Waals surface area contributed by atoms with Crippen molar-refractivity contribution >= 4 is 31.6 Å². The molecule has 0 aliphatic rings. The predicted molar refractivity (Wildman–Crippen MR) is 66.9 cm³/mol. The zero-order valence-corrected chi connectivity index (χ0v) is 11.1. The summed E-state index contributed by atoms with van der Waals surface area (Å²) in [4.78, 5) is 0. The summed E-state index contributed by atoms with van der Waals surface area (Å²) in [6.45, 7) is 4.14. The van der Waals surface area contributed by atoms with Gasteiger partial charge in [0.25, 0.3) is 0 Å². The molecule has 0 amide bonds. The third-order valence-electron chi connectivity index (χ3n) is 1.97. The average Bonchev–Trinajstić information content (AvgIpc) is 2.17. The maximum atomic E-state index is 11.3. The number of halogens is 1. The number of alkyl halides is 1. The van der Waals surface area contributed by atoms with E-state index in [1.165, 1.54) is 0 Å². The minimum Gasteiger partial charge on any atom is -0.283 e. The van der Waals surface area contributed by atoms with Crippen LogP contribution in [-0.4, -0.2) is 13.1 Å². The van der Waals surface area contributed by atoms with E-state index < -0.39 is 10.0 Å². The van der Waals surface area contributed by atoms with E-state index in [2.05, 4.69) is 34.5 Å². The molecule has 1 N–H and O–H groups in total. The van der Waals surface area contributed by atoms with Gasteiger partial charge in [-0.25, -0.2) is 8.42 Å². The molecule has 0 saturated heterocycles. The lowest BCUT2D eigenvalue weighted by molar-refractivity contribution is 0.606. The van der Waals surface area contributed by atoms with Crippen molar-refractivity contribution in [2.45, 2.75) is 19.8 Å². The van der Waals surface area contributed by atoms with Crippen LogP contribution in [0.15, 0.2) is 24.3 Å². The Balaban J connectivity index is 2.92. The van der Waals surface area contributed by atoms with E-state index in [4.69, 9.17) is 0 Å². The van der Waals surface area contributed by atoms with Gasteiger partial charge >= 0.3 is 0 Å². The van der Waals surface area contributed by atoms with Gasteiger partial charge in [0.2, 0.25) is 10.0 Å². The Morgan fingerprint density at radius 3 is 2.60 bits per heavy atom. The van der Waals surface area contributed by atoms with E-state index in [-0.39, 0.29) is 4.66 Å². The molecule has 0 heterocycles. The normalized spacial score (nSPS) is 11.7. The predicted octanol–water partition coefficient (Wildman–Crippen LogP) is 2.90. The monoisotopic (exact) mass is 291 g/mol. The van der Waals surface area contributed by atoms with Crippen LogP contribution in [0.2, 0.25) is 0 Å². The van der Waals surface area contributed by atoms with Gasteiger partial charge in [0.05, 0.1) is 0 Å². The molecule has 0 aliphatic carbocycles. The first kappa shape index (κ1) is 12.5. The molecule has 0 saturated carbocycles. The first-order chi connectivity index (χ1) is 6.94. The molecule has 1 rings (SSSR count). The third kappa shape index (κ3) is 3.83. The van der Waals surface area contributed by atoms with Crippen LogP contribution in [0.25, 0.3) is 0 Å². The summed E-state index contributed by atoms with van der Waals surface area (Å²) in [6.07, 6.45) is 0. The van der Waals surface area contributed by atoms with Gasteiger partial charge in [-0.3, -0.25) is 4.72 Å². The Bertz CT molecular complexity index is 429. The number of hydrogen-bond donors (Lipinski definition) is 1. The fourth-order valence-electron chi connectivity index (χ4n) is 1.17. The summed E-state index contributed by atoms with van der Waals surface area (Å²) in [6, 6.07) is 7.43. The zero-order chi connectivity index (χ0) is 11.5. The molecule has 0 atom stereocenters. The van der Waals surface area contributed by atoms with Crippen LogP contribution in [0.1, 0.15) is 25.3 Å². The zero-order valence-electron chi connectivity index (χ0n) is 8.70. The topological polar surface area (TPSA) is 46.2 Å². The summed E-state index contributed by atoms with van der Waals surface area (Å²) < 4.78 is 25.0.